The van der Waals surface area contributed by atoms with Crippen molar-refractivity contribution in [1.82, 2.24) is 0 Å². The van der Waals surface area contributed by atoms with Crippen LogP contribution in [0.15, 0.2) is 12.1 Å². The first-order valence-electron chi connectivity index (χ1n) is 5.57. The molecule has 0 aliphatic heterocycles. The smallest absolute Gasteiger partial charge is 0.165 e. The Labute approximate surface area is 102 Å². The second kappa shape index (κ2) is 5.36. The van der Waals surface area contributed by atoms with Crippen molar-refractivity contribution in [3.63, 3.8) is 0 Å². The van der Waals surface area contributed by atoms with Gasteiger partial charge >= 0.3 is 0 Å². The van der Waals surface area contributed by atoms with E-state index in [9.17, 15) is 4.39 Å². The summed E-state index contributed by atoms with van der Waals surface area (Å²) in [5.41, 5.74) is 6.36. The lowest BCUT2D eigenvalue weighted by atomic mass is 9.95. The van der Waals surface area contributed by atoms with E-state index >= 15 is 0 Å². The first-order valence-corrected chi connectivity index (χ1v) is 5.57. The zero-order valence-corrected chi connectivity index (χ0v) is 10.8. The topological polar surface area (TPSA) is 44.5 Å². The van der Waals surface area contributed by atoms with E-state index in [4.69, 9.17) is 15.2 Å². The molecule has 0 heterocycles. The molecule has 17 heavy (non-hydrogen) atoms. The SMILES string of the molecule is COc1ccc(F)c(OC)c1CCC(C)(C)N. The lowest BCUT2D eigenvalue weighted by Gasteiger charge is -2.20. The Kier molecular flexibility index (Phi) is 4.34. The molecule has 3 nitrogen and oxygen atoms in total. The van der Waals surface area contributed by atoms with E-state index < -0.39 is 0 Å². The summed E-state index contributed by atoms with van der Waals surface area (Å²) in [7, 11) is 3.01. The molecule has 1 aromatic carbocycles. The van der Waals surface area contributed by atoms with Crippen molar-refractivity contribution in [2.75, 3.05) is 14.2 Å². The van der Waals surface area contributed by atoms with Crippen molar-refractivity contribution < 1.29 is 13.9 Å². The summed E-state index contributed by atoms with van der Waals surface area (Å²) >= 11 is 0. The van der Waals surface area contributed by atoms with Crippen molar-refractivity contribution in [1.29, 1.82) is 0 Å². The first-order chi connectivity index (χ1) is 7.89. The Morgan fingerprint density at radius 3 is 2.35 bits per heavy atom. The minimum Gasteiger partial charge on any atom is -0.496 e. The third-order valence-corrected chi connectivity index (χ3v) is 2.61. The molecule has 0 spiro atoms. The average molecular weight is 241 g/mol. The van der Waals surface area contributed by atoms with Gasteiger partial charge in [0.05, 0.1) is 14.2 Å². The van der Waals surface area contributed by atoms with Crippen molar-refractivity contribution in [2.24, 2.45) is 5.73 Å². The highest BCUT2D eigenvalue weighted by Crippen LogP contribution is 2.33. The molecule has 0 bridgehead atoms. The van der Waals surface area contributed by atoms with Gasteiger partial charge in [-0.25, -0.2) is 4.39 Å². The van der Waals surface area contributed by atoms with Gasteiger partial charge in [-0.1, -0.05) is 0 Å². The van der Waals surface area contributed by atoms with Crippen LogP contribution < -0.4 is 15.2 Å². The van der Waals surface area contributed by atoms with Gasteiger partial charge in [-0.3, -0.25) is 0 Å². The monoisotopic (exact) mass is 241 g/mol. The van der Waals surface area contributed by atoms with Crippen molar-refractivity contribution in [3.8, 4) is 11.5 Å². The van der Waals surface area contributed by atoms with E-state index in [0.29, 0.717) is 12.2 Å². The Morgan fingerprint density at radius 1 is 1.24 bits per heavy atom. The maximum Gasteiger partial charge on any atom is 0.165 e. The molecule has 96 valence electrons. The molecule has 0 atom stereocenters. The Morgan fingerprint density at radius 2 is 1.88 bits per heavy atom. The largest absolute Gasteiger partial charge is 0.496 e. The minimum absolute atomic E-state index is 0.244. The third-order valence-electron chi connectivity index (χ3n) is 2.61. The van der Waals surface area contributed by atoms with Gasteiger partial charge in [0.15, 0.2) is 11.6 Å². The van der Waals surface area contributed by atoms with E-state index in [2.05, 4.69) is 0 Å². The molecule has 0 radical (unpaired) electrons. The molecule has 0 saturated heterocycles. The predicted octanol–water partition coefficient (Wildman–Crippen LogP) is 2.51. The number of hydrogen-bond donors (Lipinski definition) is 1. The molecule has 0 aliphatic rings. The molecule has 0 saturated carbocycles. The second-order valence-electron chi connectivity index (χ2n) is 4.75. The number of ether oxygens (including phenoxy) is 2. The van der Waals surface area contributed by atoms with Crippen LogP contribution >= 0.6 is 0 Å². The summed E-state index contributed by atoms with van der Waals surface area (Å²) in [5, 5.41) is 0. The van der Waals surface area contributed by atoms with Crippen LogP contribution in [-0.4, -0.2) is 19.8 Å². The molecular weight excluding hydrogens is 221 g/mol. The van der Waals surface area contributed by atoms with Crippen LogP contribution in [-0.2, 0) is 6.42 Å². The molecule has 0 aliphatic carbocycles. The normalized spacial score (nSPS) is 11.4. The van der Waals surface area contributed by atoms with E-state index in [0.717, 1.165) is 12.0 Å². The fraction of sp³-hybridized carbons (Fsp3) is 0.538. The van der Waals surface area contributed by atoms with E-state index in [-0.39, 0.29) is 17.1 Å². The maximum atomic E-state index is 13.6. The second-order valence-corrected chi connectivity index (χ2v) is 4.75. The van der Waals surface area contributed by atoms with Crippen LogP contribution in [0, 0.1) is 5.82 Å². The first kappa shape index (κ1) is 13.8. The lowest BCUT2D eigenvalue weighted by molar-refractivity contribution is 0.360. The number of hydrogen-bond acceptors (Lipinski definition) is 3. The number of benzene rings is 1. The van der Waals surface area contributed by atoms with E-state index in [1.165, 1.54) is 13.2 Å². The number of halogens is 1. The highest BCUT2D eigenvalue weighted by Gasteiger charge is 2.18. The van der Waals surface area contributed by atoms with Gasteiger partial charge in [-0.2, -0.15) is 0 Å². The Bertz CT molecular complexity index is 386. The quantitative estimate of drug-likeness (QED) is 0.861. The summed E-state index contributed by atoms with van der Waals surface area (Å²) < 4.78 is 23.9. The number of methoxy groups -OCH3 is 2. The summed E-state index contributed by atoms with van der Waals surface area (Å²) in [6.45, 7) is 3.87. The van der Waals surface area contributed by atoms with Crippen molar-refractivity contribution in [2.45, 2.75) is 32.2 Å². The zero-order chi connectivity index (χ0) is 13.1. The molecule has 0 unspecified atom stereocenters. The van der Waals surface area contributed by atoms with Crippen LogP contribution in [0.4, 0.5) is 4.39 Å². The van der Waals surface area contributed by atoms with Gasteiger partial charge in [0, 0.05) is 11.1 Å². The summed E-state index contributed by atoms with van der Waals surface area (Å²) in [6, 6.07) is 2.95. The molecule has 2 N–H and O–H groups in total. The molecule has 0 amide bonds. The summed E-state index contributed by atoms with van der Waals surface area (Å²) in [5.74, 6) is 0.499. The predicted molar refractivity (Wildman–Crippen MR) is 66.1 cm³/mol. The van der Waals surface area contributed by atoms with Crippen LogP contribution in [0.5, 0.6) is 11.5 Å². The summed E-state index contributed by atoms with van der Waals surface area (Å²) in [4.78, 5) is 0. The van der Waals surface area contributed by atoms with E-state index in [1.807, 2.05) is 13.8 Å². The molecular formula is C13H20FNO2. The standard InChI is InChI=1S/C13H20FNO2/c1-13(2,15)8-7-9-11(16-3)6-5-10(14)12(9)17-4/h5-6H,7-8,15H2,1-4H3. The highest BCUT2D eigenvalue weighted by molar-refractivity contribution is 5.46. The van der Waals surface area contributed by atoms with Crippen LogP contribution in [0.3, 0.4) is 0 Å². The minimum atomic E-state index is -0.377. The maximum absolute atomic E-state index is 13.6. The van der Waals surface area contributed by atoms with Crippen molar-refractivity contribution in [3.05, 3.63) is 23.5 Å². The van der Waals surface area contributed by atoms with Gasteiger partial charge in [0.25, 0.3) is 0 Å². The van der Waals surface area contributed by atoms with Crippen molar-refractivity contribution >= 4 is 0 Å². The van der Waals surface area contributed by atoms with Gasteiger partial charge in [0.1, 0.15) is 5.75 Å². The van der Waals surface area contributed by atoms with Gasteiger partial charge in [0.2, 0.25) is 0 Å². The van der Waals surface area contributed by atoms with Crippen LogP contribution in [0.2, 0.25) is 0 Å². The fourth-order valence-corrected chi connectivity index (χ4v) is 1.68. The number of rotatable bonds is 5. The average Bonchev–Trinajstić information content (AvgIpc) is 2.25. The van der Waals surface area contributed by atoms with Gasteiger partial charge < -0.3 is 15.2 Å². The number of nitrogens with two attached hydrogens (primary N) is 1. The zero-order valence-electron chi connectivity index (χ0n) is 10.8. The van der Waals surface area contributed by atoms with Crippen LogP contribution in [0.1, 0.15) is 25.8 Å². The fourth-order valence-electron chi connectivity index (χ4n) is 1.68. The Hall–Kier alpha value is -1.29. The summed E-state index contributed by atoms with van der Waals surface area (Å²) in [6.07, 6.45) is 1.34. The molecule has 1 aromatic rings. The van der Waals surface area contributed by atoms with Gasteiger partial charge in [-0.05, 0) is 38.8 Å². The van der Waals surface area contributed by atoms with E-state index in [1.54, 1.807) is 13.2 Å². The highest BCUT2D eigenvalue weighted by atomic mass is 19.1. The lowest BCUT2D eigenvalue weighted by Crippen LogP contribution is -2.32. The molecule has 0 fully saturated rings. The Balaban J connectivity index is 3.05. The molecule has 4 heteroatoms. The molecule has 0 aromatic heterocycles. The third kappa shape index (κ3) is 3.60. The molecule has 1 rings (SSSR count). The van der Waals surface area contributed by atoms with Gasteiger partial charge in [-0.15, -0.1) is 0 Å². The van der Waals surface area contributed by atoms with Crippen LogP contribution in [0.25, 0.3) is 0 Å².